The maximum atomic E-state index is 6.12. The number of hydrogen-bond donors (Lipinski definition) is 3. The Bertz CT molecular complexity index is 300. The van der Waals surface area contributed by atoms with Crippen molar-refractivity contribution in [3.63, 3.8) is 0 Å². The van der Waals surface area contributed by atoms with E-state index in [1.165, 1.54) is 5.56 Å². The van der Waals surface area contributed by atoms with Gasteiger partial charge in [-0.1, -0.05) is 30.3 Å². The summed E-state index contributed by atoms with van der Waals surface area (Å²) in [7, 11) is 0. The first-order valence-corrected chi connectivity index (χ1v) is 6.97. The van der Waals surface area contributed by atoms with Crippen LogP contribution >= 0.6 is 0 Å². The maximum absolute atomic E-state index is 6.12. The van der Waals surface area contributed by atoms with Crippen molar-refractivity contribution < 1.29 is 0 Å². The van der Waals surface area contributed by atoms with Gasteiger partial charge in [-0.05, 0) is 50.6 Å². The minimum Gasteiger partial charge on any atom is -0.330 e. The highest BCUT2D eigenvalue weighted by Crippen LogP contribution is 2.09. The molecule has 0 amide bonds. The van der Waals surface area contributed by atoms with Crippen molar-refractivity contribution in [2.45, 2.75) is 50.6 Å². The first-order chi connectivity index (χ1) is 8.72. The summed E-state index contributed by atoms with van der Waals surface area (Å²) in [6, 6.07) is 11.0. The van der Waals surface area contributed by atoms with Crippen LogP contribution in [0, 0.1) is 0 Å². The molecule has 102 valence electrons. The van der Waals surface area contributed by atoms with Crippen LogP contribution in [0.3, 0.4) is 0 Å². The third kappa shape index (κ3) is 6.74. The molecule has 0 fully saturated rings. The van der Waals surface area contributed by atoms with Crippen molar-refractivity contribution in [1.29, 1.82) is 0 Å². The van der Waals surface area contributed by atoms with Crippen LogP contribution in [0.15, 0.2) is 30.3 Å². The lowest BCUT2D eigenvalue weighted by molar-refractivity contribution is 0.474. The van der Waals surface area contributed by atoms with Gasteiger partial charge in [0.25, 0.3) is 0 Å². The Balaban J connectivity index is 2.12. The van der Waals surface area contributed by atoms with Gasteiger partial charge in [0, 0.05) is 12.1 Å². The standard InChI is InChI=1S/C15H27N3/c16-12-4-7-14(17)10-11-15(18)9-8-13-5-2-1-3-6-13/h1-3,5-6,14-15H,4,7-12,16-18H2. The van der Waals surface area contributed by atoms with E-state index >= 15 is 0 Å². The molecule has 1 aromatic carbocycles. The predicted octanol–water partition coefficient (Wildman–Crippen LogP) is 1.79. The molecule has 6 N–H and O–H groups in total. The summed E-state index contributed by atoms with van der Waals surface area (Å²) in [5, 5.41) is 0. The molecule has 3 nitrogen and oxygen atoms in total. The minimum absolute atomic E-state index is 0.258. The van der Waals surface area contributed by atoms with Gasteiger partial charge in [-0.2, -0.15) is 0 Å². The molecule has 3 heteroatoms. The van der Waals surface area contributed by atoms with Crippen molar-refractivity contribution in [3.8, 4) is 0 Å². The molecule has 0 bridgehead atoms. The SMILES string of the molecule is NCCCC(N)CCC(N)CCc1ccccc1. The van der Waals surface area contributed by atoms with Gasteiger partial charge in [0.1, 0.15) is 0 Å². The van der Waals surface area contributed by atoms with Gasteiger partial charge in [-0.25, -0.2) is 0 Å². The summed E-state index contributed by atoms with van der Waals surface area (Å²) in [6.45, 7) is 0.730. The highest BCUT2D eigenvalue weighted by Gasteiger charge is 2.07. The Morgan fingerprint density at radius 3 is 2.06 bits per heavy atom. The summed E-state index contributed by atoms with van der Waals surface area (Å²) in [5.41, 5.74) is 18.9. The lowest BCUT2D eigenvalue weighted by atomic mass is 9.99. The van der Waals surface area contributed by atoms with E-state index in [-0.39, 0.29) is 12.1 Å². The van der Waals surface area contributed by atoms with E-state index in [1.54, 1.807) is 0 Å². The second-order valence-corrected chi connectivity index (χ2v) is 5.05. The van der Waals surface area contributed by atoms with Crippen molar-refractivity contribution in [2.24, 2.45) is 17.2 Å². The van der Waals surface area contributed by atoms with Crippen LogP contribution in [0.1, 0.15) is 37.7 Å². The lowest BCUT2D eigenvalue weighted by Crippen LogP contribution is -2.27. The normalized spacial score (nSPS) is 14.4. The molecule has 0 heterocycles. The van der Waals surface area contributed by atoms with E-state index in [0.717, 1.165) is 45.1 Å². The summed E-state index contributed by atoms with van der Waals surface area (Å²) < 4.78 is 0. The quantitative estimate of drug-likeness (QED) is 0.624. The fraction of sp³-hybridized carbons (Fsp3) is 0.600. The first-order valence-electron chi connectivity index (χ1n) is 6.97. The fourth-order valence-corrected chi connectivity index (χ4v) is 2.09. The van der Waals surface area contributed by atoms with Crippen molar-refractivity contribution in [2.75, 3.05) is 6.54 Å². The molecular weight excluding hydrogens is 222 g/mol. The van der Waals surface area contributed by atoms with Gasteiger partial charge in [0.05, 0.1) is 0 Å². The Labute approximate surface area is 111 Å². The average Bonchev–Trinajstić information content (AvgIpc) is 2.41. The Kier molecular flexibility index (Phi) is 7.65. The van der Waals surface area contributed by atoms with Crippen LogP contribution in [0.25, 0.3) is 0 Å². The zero-order valence-electron chi connectivity index (χ0n) is 11.2. The van der Waals surface area contributed by atoms with Gasteiger partial charge < -0.3 is 17.2 Å². The third-order valence-corrected chi connectivity index (χ3v) is 3.33. The molecular formula is C15H27N3. The number of rotatable bonds is 9. The van der Waals surface area contributed by atoms with E-state index in [2.05, 4.69) is 24.3 Å². The second-order valence-electron chi connectivity index (χ2n) is 5.05. The molecule has 0 aliphatic rings. The summed E-state index contributed by atoms with van der Waals surface area (Å²) in [6.07, 6.45) is 6.14. The third-order valence-electron chi connectivity index (χ3n) is 3.33. The number of hydrogen-bond acceptors (Lipinski definition) is 3. The molecule has 1 aromatic rings. The molecule has 0 aliphatic carbocycles. The molecule has 0 radical (unpaired) electrons. The van der Waals surface area contributed by atoms with Crippen LogP contribution in [0.4, 0.5) is 0 Å². The highest BCUT2D eigenvalue weighted by molar-refractivity contribution is 5.14. The van der Waals surface area contributed by atoms with Gasteiger partial charge in [0.15, 0.2) is 0 Å². The maximum Gasteiger partial charge on any atom is 0.00425 e. The Morgan fingerprint density at radius 2 is 1.44 bits per heavy atom. The topological polar surface area (TPSA) is 78.1 Å². The van der Waals surface area contributed by atoms with Crippen molar-refractivity contribution in [1.82, 2.24) is 0 Å². The first kappa shape index (κ1) is 15.2. The van der Waals surface area contributed by atoms with Gasteiger partial charge in [-0.15, -0.1) is 0 Å². The summed E-state index contributed by atoms with van der Waals surface area (Å²) >= 11 is 0. The number of nitrogens with two attached hydrogens (primary N) is 3. The second kappa shape index (κ2) is 9.09. The molecule has 0 aromatic heterocycles. The Morgan fingerprint density at radius 1 is 0.833 bits per heavy atom. The number of aryl methyl sites for hydroxylation is 1. The fourth-order valence-electron chi connectivity index (χ4n) is 2.09. The summed E-state index contributed by atoms with van der Waals surface area (Å²) in [5.74, 6) is 0. The van der Waals surface area contributed by atoms with Gasteiger partial charge in [-0.3, -0.25) is 0 Å². The van der Waals surface area contributed by atoms with E-state index in [0.29, 0.717) is 0 Å². The van der Waals surface area contributed by atoms with Crippen molar-refractivity contribution >= 4 is 0 Å². The highest BCUT2D eigenvalue weighted by atomic mass is 14.7. The molecule has 0 aliphatic heterocycles. The lowest BCUT2D eigenvalue weighted by Gasteiger charge is -2.15. The van der Waals surface area contributed by atoms with Gasteiger partial charge >= 0.3 is 0 Å². The number of benzene rings is 1. The van der Waals surface area contributed by atoms with Crippen LogP contribution < -0.4 is 17.2 Å². The van der Waals surface area contributed by atoms with E-state index in [1.807, 2.05) is 6.07 Å². The largest absolute Gasteiger partial charge is 0.330 e. The zero-order valence-corrected chi connectivity index (χ0v) is 11.2. The monoisotopic (exact) mass is 249 g/mol. The predicted molar refractivity (Wildman–Crippen MR) is 78.2 cm³/mol. The molecule has 0 saturated carbocycles. The Hall–Kier alpha value is -0.900. The van der Waals surface area contributed by atoms with Crippen LogP contribution in [0.2, 0.25) is 0 Å². The smallest absolute Gasteiger partial charge is 0.00425 e. The molecule has 2 atom stereocenters. The van der Waals surface area contributed by atoms with Crippen molar-refractivity contribution in [3.05, 3.63) is 35.9 Å². The molecule has 1 rings (SSSR count). The molecule has 0 saturated heterocycles. The molecule has 18 heavy (non-hydrogen) atoms. The molecule has 0 spiro atoms. The average molecular weight is 249 g/mol. The zero-order chi connectivity index (χ0) is 13.2. The van der Waals surface area contributed by atoms with E-state index in [9.17, 15) is 0 Å². The minimum atomic E-state index is 0.258. The van der Waals surface area contributed by atoms with E-state index in [4.69, 9.17) is 17.2 Å². The van der Waals surface area contributed by atoms with Crippen LogP contribution in [-0.4, -0.2) is 18.6 Å². The van der Waals surface area contributed by atoms with E-state index < -0.39 is 0 Å². The summed E-state index contributed by atoms with van der Waals surface area (Å²) in [4.78, 5) is 0. The van der Waals surface area contributed by atoms with Gasteiger partial charge in [0.2, 0.25) is 0 Å². The van der Waals surface area contributed by atoms with Crippen LogP contribution in [-0.2, 0) is 6.42 Å². The van der Waals surface area contributed by atoms with Crippen LogP contribution in [0.5, 0.6) is 0 Å². The molecule has 2 unspecified atom stereocenters.